The van der Waals surface area contributed by atoms with Crippen LogP contribution < -0.4 is 20.3 Å². The van der Waals surface area contributed by atoms with Gasteiger partial charge < -0.3 is 9.47 Å². The van der Waals surface area contributed by atoms with Gasteiger partial charge in [0, 0.05) is 24.2 Å². The number of halogens is 8. The van der Waals surface area contributed by atoms with Gasteiger partial charge in [0.2, 0.25) is 10.9 Å². The molecule has 2 heterocycles. The standard InChI is InChI=1S/2C21H20F4N2O2/c1-3-4-5-12-27-19-14(9-7-11-16(19)29-2)20(28)18(26-27)13-8-6-10-15(22)17(13)21(23,24)25;1-3-4-5-12-27-19-14(9-7-11-16(19)29-2)20(28)18(26-27)13-8-6-10-15(17(13)22)21(23,24)25/h2*6-11H,3-5,12H2,1-2H3. The van der Waals surface area contributed by atoms with Crippen molar-refractivity contribution in [3.63, 3.8) is 0 Å². The SMILES string of the molecule is CCCCCn1nc(-c2cccc(C(F)(F)F)c2F)c(=O)c2cccc(OC)c21.CCCCCn1nc(-c2cccc(F)c2C(F)(F)F)c(=O)c2cccc(OC)c21. The zero-order valence-electron chi connectivity index (χ0n) is 32.0. The molecule has 0 atom stereocenters. The lowest BCUT2D eigenvalue weighted by molar-refractivity contribution is -0.140. The Balaban J connectivity index is 0.000000221. The number of benzene rings is 4. The number of ether oxygens (including phenoxy) is 2. The first kappa shape index (κ1) is 43.3. The van der Waals surface area contributed by atoms with Crippen LogP contribution in [0.5, 0.6) is 11.5 Å². The Labute approximate surface area is 327 Å². The maximum atomic E-state index is 14.7. The fourth-order valence-electron chi connectivity index (χ4n) is 6.60. The zero-order chi connectivity index (χ0) is 42.4. The van der Waals surface area contributed by atoms with Crippen LogP contribution in [0.1, 0.15) is 63.5 Å². The van der Waals surface area contributed by atoms with Crippen LogP contribution in [0.3, 0.4) is 0 Å². The van der Waals surface area contributed by atoms with Gasteiger partial charge in [-0.25, -0.2) is 8.78 Å². The maximum absolute atomic E-state index is 14.7. The van der Waals surface area contributed by atoms with Crippen LogP contribution in [0.25, 0.3) is 44.3 Å². The van der Waals surface area contributed by atoms with Gasteiger partial charge in [-0.3, -0.25) is 19.0 Å². The molecule has 0 bridgehead atoms. The van der Waals surface area contributed by atoms with E-state index in [1.807, 2.05) is 13.8 Å². The molecule has 8 nitrogen and oxygen atoms in total. The van der Waals surface area contributed by atoms with E-state index < -0.39 is 62.8 Å². The molecule has 0 saturated carbocycles. The van der Waals surface area contributed by atoms with E-state index in [2.05, 4.69) is 10.2 Å². The molecule has 6 aromatic rings. The van der Waals surface area contributed by atoms with Crippen molar-refractivity contribution in [1.29, 1.82) is 0 Å². The number of rotatable bonds is 12. The predicted molar refractivity (Wildman–Crippen MR) is 205 cm³/mol. The molecule has 6 rings (SSSR count). The van der Waals surface area contributed by atoms with Crippen LogP contribution in [-0.4, -0.2) is 33.8 Å². The summed E-state index contributed by atoms with van der Waals surface area (Å²) in [5.74, 6) is -2.14. The second-order valence-electron chi connectivity index (χ2n) is 13.3. The van der Waals surface area contributed by atoms with E-state index in [0.29, 0.717) is 48.1 Å². The summed E-state index contributed by atoms with van der Waals surface area (Å²) in [6.07, 6.45) is -4.72. The van der Waals surface area contributed by atoms with Gasteiger partial charge in [0.05, 0.1) is 30.6 Å². The molecule has 16 heteroatoms. The molecule has 0 aliphatic heterocycles. The highest BCUT2D eigenvalue weighted by atomic mass is 19.4. The normalized spacial score (nSPS) is 11.8. The lowest BCUT2D eigenvalue weighted by Crippen LogP contribution is -2.20. The topological polar surface area (TPSA) is 88.2 Å². The minimum atomic E-state index is -4.97. The van der Waals surface area contributed by atoms with Crippen LogP contribution in [0, 0.1) is 11.6 Å². The number of aromatic nitrogens is 4. The lowest BCUT2D eigenvalue weighted by Gasteiger charge is -2.17. The Hall–Kier alpha value is -5.80. The van der Waals surface area contributed by atoms with Gasteiger partial charge in [0.25, 0.3) is 0 Å². The summed E-state index contributed by atoms with van der Waals surface area (Å²) >= 11 is 0. The van der Waals surface area contributed by atoms with Crippen molar-refractivity contribution < 1.29 is 44.6 Å². The zero-order valence-corrected chi connectivity index (χ0v) is 32.0. The lowest BCUT2D eigenvalue weighted by atomic mass is 10.0. The number of aryl methyl sites for hydroxylation is 2. The summed E-state index contributed by atoms with van der Waals surface area (Å²) in [6.45, 7) is 4.85. The summed E-state index contributed by atoms with van der Waals surface area (Å²) < 4.78 is 122. The van der Waals surface area contributed by atoms with Crippen molar-refractivity contribution >= 4 is 21.8 Å². The summed E-state index contributed by atoms with van der Waals surface area (Å²) in [5, 5.41) is 8.86. The molecule has 0 aliphatic rings. The largest absolute Gasteiger partial charge is 0.494 e. The van der Waals surface area contributed by atoms with Gasteiger partial charge in [-0.15, -0.1) is 0 Å². The third-order valence-electron chi connectivity index (χ3n) is 9.37. The van der Waals surface area contributed by atoms with Crippen LogP contribution in [-0.2, 0) is 25.4 Å². The second-order valence-corrected chi connectivity index (χ2v) is 13.3. The average molecular weight is 817 g/mol. The van der Waals surface area contributed by atoms with E-state index >= 15 is 0 Å². The second kappa shape index (κ2) is 18.2. The Bertz CT molecular complexity index is 2530. The highest BCUT2D eigenvalue weighted by Crippen LogP contribution is 2.39. The summed E-state index contributed by atoms with van der Waals surface area (Å²) in [4.78, 5) is 26.1. The Morgan fingerprint density at radius 3 is 1.48 bits per heavy atom. The molecular formula is C42H40F8N4O4. The fourth-order valence-corrected chi connectivity index (χ4v) is 6.60. The molecule has 0 aliphatic carbocycles. The van der Waals surface area contributed by atoms with Crippen molar-refractivity contribution in [1.82, 2.24) is 19.6 Å². The first-order chi connectivity index (χ1) is 27.6. The van der Waals surface area contributed by atoms with Gasteiger partial charge in [0.1, 0.15) is 51.1 Å². The highest BCUT2D eigenvalue weighted by Gasteiger charge is 2.38. The summed E-state index contributed by atoms with van der Waals surface area (Å²) in [5.41, 5.74) is -5.27. The van der Waals surface area contributed by atoms with Crippen molar-refractivity contribution in [3.8, 4) is 34.0 Å². The van der Waals surface area contributed by atoms with E-state index in [-0.39, 0.29) is 16.5 Å². The van der Waals surface area contributed by atoms with E-state index in [1.165, 1.54) is 35.7 Å². The number of hydrogen-bond acceptors (Lipinski definition) is 6. The highest BCUT2D eigenvalue weighted by molar-refractivity contribution is 5.88. The quantitative estimate of drug-likeness (QED) is 0.0903. The molecule has 308 valence electrons. The predicted octanol–water partition coefficient (Wildman–Crippen LogP) is 10.8. The summed E-state index contributed by atoms with van der Waals surface area (Å²) in [6, 6.07) is 15.3. The molecule has 58 heavy (non-hydrogen) atoms. The number of alkyl halides is 6. The minimum absolute atomic E-state index is 0.170. The number of fused-ring (bicyclic) bond motifs is 2. The molecule has 0 saturated heterocycles. The van der Waals surface area contributed by atoms with Gasteiger partial charge in [0.15, 0.2) is 0 Å². The van der Waals surface area contributed by atoms with E-state index in [1.54, 1.807) is 24.3 Å². The first-order valence-electron chi connectivity index (χ1n) is 18.5. The number of unbranched alkanes of at least 4 members (excludes halogenated alkanes) is 4. The average Bonchev–Trinajstić information content (AvgIpc) is 3.18. The molecule has 0 spiro atoms. The van der Waals surface area contributed by atoms with E-state index in [0.717, 1.165) is 62.4 Å². The van der Waals surface area contributed by atoms with Crippen LogP contribution in [0.15, 0.2) is 82.4 Å². The smallest absolute Gasteiger partial charge is 0.419 e. The number of para-hydroxylation sites is 2. The fraction of sp³-hybridized carbons (Fsp3) is 0.333. The van der Waals surface area contributed by atoms with Crippen molar-refractivity contribution in [2.45, 2.75) is 77.8 Å². The van der Waals surface area contributed by atoms with E-state index in [4.69, 9.17) is 9.47 Å². The molecule has 0 unspecified atom stereocenters. The minimum Gasteiger partial charge on any atom is -0.494 e. The molecule has 0 N–H and O–H groups in total. The van der Waals surface area contributed by atoms with E-state index in [9.17, 15) is 44.7 Å². The third kappa shape index (κ3) is 9.00. The van der Waals surface area contributed by atoms with Gasteiger partial charge in [-0.2, -0.15) is 36.5 Å². The number of hydrogen-bond donors (Lipinski definition) is 0. The molecule has 2 aromatic heterocycles. The van der Waals surface area contributed by atoms with Crippen molar-refractivity contribution in [2.75, 3.05) is 14.2 Å². The van der Waals surface area contributed by atoms with Gasteiger partial charge >= 0.3 is 12.4 Å². The first-order valence-corrected chi connectivity index (χ1v) is 18.5. The maximum Gasteiger partial charge on any atom is 0.419 e. The Kier molecular flexibility index (Phi) is 13.6. The molecule has 0 amide bonds. The summed E-state index contributed by atoms with van der Waals surface area (Å²) in [7, 11) is 2.90. The third-order valence-corrected chi connectivity index (χ3v) is 9.37. The number of nitrogens with zero attached hydrogens (tertiary/aromatic N) is 4. The molecular weight excluding hydrogens is 776 g/mol. The monoisotopic (exact) mass is 816 g/mol. The molecule has 0 fully saturated rings. The van der Waals surface area contributed by atoms with Crippen LogP contribution in [0.4, 0.5) is 35.1 Å². The van der Waals surface area contributed by atoms with Crippen LogP contribution >= 0.6 is 0 Å². The van der Waals surface area contributed by atoms with Gasteiger partial charge in [-0.1, -0.05) is 69.9 Å². The van der Waals surface area contributed by atoms with Crippen LogP contribution in [0.2, 0.25) is 0 Å². The number of methoxy groups -OCH3 is 2. The Morgan fingerprint density at radius 2 is 1.03 bits per heavy atom. The Morgan fingerprint density at radius 1 is 0.586 bits per heavy atom. The van der Waals surface area contributed by atoms with Crippen molar-refractivity contribution in [3.05, 3.63) is 116 Å². The van der Waals surface area contributed by atoms with Crippen molar-refractivity contribution in [2.24, 2.45) is 0 Å². The van der Waals surface area contributed by atoms with Gasteiger partial charge in [-0.05, 0) is 55.3 Å². The molecule has 4 aromatic carbocycles. The molecule has 0 radical (unpaired) electrons.